The van der Waals surface area contributed by atoms with Gasteiger partial charge in [-0.05, 0) is 26.4 Å². The summed E-state index contributed by atoms with van der Waals surface area (Å²) in [6.07, 6.45) is 6.47. The number of likely N-dealkylation sites (tertiary alicyclic amines) is 1. The molecule has 2 nitrogen and oxygen atoms in total. The van der Waals surface area contributed by atoms with Crippen LogP contribution in [0.25, 0.3) is 0 Å². The fraction of sp³-hybridized carbons (Fsp3) is 1.00. The van der Waals surface area contributed by atoms with Gasteiger partial charge in [0.25, 0.3) is 0 Å². The van der Waals surface area contributed by atoms with Gasteiger partial charge in [-0.3, -0.25) is 0 Å². The first-order valence-corrected chi connectivity index (χ1v) is 4.65. The van der Waals surface area contributed by atoms with E-state index in [-0.39, 0.29) is 0 Å². The lowest BCUT2D eigenvalue weighted by Crippen LogP contribution is -2.36. The Bertz CT molecular complexity index is 106. The van der Waals surface area contributed by atoms with Crippen LogP contribution in [0.1, 0.15) is 32.1 Å². The summed E-state index contributed by atoms with van der Waals surface area (Å²) in [7, 11) is 2.12. The summed E-state index contributed by atoms with van der Waals surface area (Å²) in [4.78, 5) is 2.29. The molecule has 0 spiro atoms. The second kappa shape index (κ2) is 4.73. The van der Waals surface area contributed by atoms with E-state index >= 15 is 0 Å². The summed E-state index contributed by atoms with van der Waals surface area (Å²) in [6, 6.07) is 0.426. The van der Waals surface area contributed by atoms with Crippen molar-refractivity contribution in [3.8, 4) is 0 Å². The minimum atomic E-state index is 0.330. The van der Waals surface area contributed by atoms with Gasteiger partial charge in [-0.15, -0.1) is 0 Å². The number of hydrogen-bond acceptors (Lipinski definition) is 2. The second-order valence-electron chi connectivity index (χ2n) is 3.52. The van der Waals surface area contributed by atoms with Crippen LogP contribution >= 0.6 is 0 Å². The van der Waals surface area contributed by atoms with Crippen molar-refractivity contribution in [1.82, 2.24) is 4.90 Å². The highest BCUT2D eigenvalue weighted by atomic mass is 16.3. The van der Waals surface area contributed by atoms with Crippen LogP contribution in [-0.2, 0) is 0 Å². The molecular formula is C9H19NO. The molecule has 0 amide bonds. The maximum Gasteiger partial charge on any atom is 0.0586 e. The van der Waals surface area contributed by atoms with Gasteiger partial charge in [0.2, 0.25) is 0 Å². The van der Waals surface area contributed by atoms with E-state index in [0.717, 1.165) is 6.54 Å². The van der Waals surface area contributed by atoms with E-state index in [1.165, 1.54) is 32.1 Å². The number of aliphatic hydroxyl groups is 1. The van der Waals surface area contributed by atoms with Crippen LogP contribution < -0.4 is 0 Å². The van der Waals surface area contributed by atoms with Crippen LogP contribution in [-0.4, -0.2) is 36.2 Å². The second-order valence-corrected chi connectivity index (χ2v) is 3.52. The highest BCUT2D eigenvalue weighted by Crippen LogP contribution is 2.14. The standard InChI is InChI=1S/C9H19NO/c1-10-7-5-3-2-4-6-9(10)8-11/h9,11H,2-8H2,1H3/t9-/m0/s1. The molecule has 1 saturated heterocycles. The molecular weight excluding hydrogens is 138 g/mol. The van der Waals surface area contributed by atoms with E-state index in [2.05, 4.69) is 11.9 Å². The first-order chi connectivity index (χ1) is 5.34. The van der Waals surface area contributed by atoms with E-state index in [1.54, 1.807) is 0 Å². The summed E-state index contributed by atoms with van der Waals surface area (Å²) in [5.41, 5.74) is 0. The van der Waals surface area contributed by atoms with Gasteiger partial charge in [0.05, 0.1) is 6.61 Å². The SMILES string of the molecule is CN1CCCCCC[C@H]1CO. The molecule has 11 heavy (non-hydrogen) atoms. The summed E-state index contributed by atoms with van der Waals surface area (Å²) in [6.45, 7) is 1.49. The van der Waals surface area contributed by atoms with Crippen LogP contribution in [0.3, 0.4) is 0 Å². The highest BCUT2D eigenvalue weighted by molar-refractivity contribution is 4.70. The Kier molecular flexibility index (Phi) is 3.87. The highest BCUT2D eigenvalue weighted by Gasteiger charge is 2.14. The van der Waals surface area contributed by atoms with Gasteiger partial charge >= 0.3 is 0 Å². The third-order valence-electron chi connectivity index (χ3n) is 2.63. The largest absolute Gasteiger partial charge is 0.395 e. The molecule has 0 radical (unpaired) electrons. The zero-order valence-corrected chi connectivity index (χ0v) is 7.42. The molecule has 66 valence electrons. The maximum absolute atomic E-state index is 9.04. The van der Waals surface area contributed by atoms with Gasteiger partial charge in [-0.25, -0.2) is 0 Å². The van der Waals surface area contributed by atoms with Gasteiger partial charge in [0.1, 0.15) is 0 Å². The lowest BCUT2D eigenvalue weighted by atomic mass is 10.0. The minimum absolute atomic E-state index is 0.330. The van der Waals surface area contributed by atoms with Crippen LogP contribution in [0.2, 0.25) is 0 Å². The van der Waals surface area contributed by atoms with Crippen molar-refractivity contribution in [3.05, 3.63) is 0 Å². The van der Waals surface area contributed by atoms with Crippen molar-refractivity contribution in [2.75, 3.05) is 20.2 Å². The van der Waals surface area contributed by atoms with Crippen molar-refractivity contribution in [1.29, 1.82) is 0 Å². The van der Waals surface area contributed by atoms with Crippen LogP contribution in [0, 0.1) is 0 Å². The average Bonchev–Trinajstić information content (AvgIpc) is 1.98. The van der Waals surface area contributed by atoms with E-state index in [0.29, 0.717) is 12.6 Å². The Morgan fingerprint density at radius 3 is 2.73 bits per heavy atom. The molecule has 1 atom stereocenters. The summed E-state index contributed by atoms with van der Waals surface area (Å²) >= 11 is 0. The molecule has 0 aromatic rings. The van der Waals surface area contributed by atoms with Crippen LogP contribution in [0.15, 0.2) is 0 Å². The normalized spacial score (nSPS) is 29.5. The monoisotopic (exact) mass is 157 g/mol. The van der Waals surface area contributed by atoms with Crippen LogP contribution in [0.5, 0.6) is 0 Å². The Morgan fingerprint density at radius 2 is 2.00 bits per heavy atom. The number of nitrogens with zero attached hydrogens (tertiary/aromatic N) is 1. The molecule has 0 saturated carbocycles. The Hall–Kier alpha value is -0.0800. The molecule has 1 aliphatic rings. The zero-order valence-electron chi connectivity index (χ0n) is 7.42. The summed E-state index contributed by atoms with van der Waals surface area (Å²) in [5, 5.41) is 9.04. The van der Waals surface area contributed by atoms with E-state index in [4.69, 9.17) is 5.11 Å². The molecule has 1 rings (SSSR count). The number of hydrogen-bond donors (Lipinski definition) is 1. The van der Waals surface area contributed by atoms with Crippen molar-refractivity contribution in [2.24, 2.45) is 0 Å². The topological polar surface area (TPSA) is 23.5 Å². The fourth-order valence-corrected chi connectivity index (χ4v) is 1.73. The van der Waals surface area contributed by atoms with Crippen molar-refractivity contribution in [2.45, 2.75) is 38.1 Å². The van der Waals surface area contributed by atoms with Gasteiger partial charge in [0, 0.05) is 6.04 Å². The lowest BCUT2D eigenvalue weighted by Gasteiger charge is -2.28. The molecule has 0 unspecified atom stereocenters. The lowest BCUT2D eigenvalue weighted by molar-refractivity contribution is 0.128. The predicted octanol–water partition coefficient (Wildman–Crippen LogP) is 1.24. The summed E-state index contributed by atoms with van der Waals surface area (Å²) in [5.74, 6) is 0. The van der Waals surface area contributed by atoms with Gasteiger partial charge < -0.3 is 10.0 Å². The third kappa shape index (κ3) is 2.80. The molecule has 1 heterocycles. The molecule has 0 aliphatic carbocycles. The minimum Gasteiger partial charge on any atom is -0.395 e. The smallest absolute Gasteiger partial charge is 0.0586 e. The Labute approximate surface area is 69.2 Å². The first kappa shape index (κ1) is 9.01. The van der Waals surface area contributed by atoms with E-state index in [9.17, 15) is 0 Å². The number of likely N-dealkylation sites (N-methyl/N-ethyl adjacent to an activating group) is 1. The molecule has 2 heteroatoms. The van der Waals surface area contributed by atoms with Gasteiger partial charge in [-0.2, -0.15) is 0 Å². The zero-order chi connectivity index (χ0) is 8.10. The number of rotatable bonds is 1. The van der Waals surface area contributed by atoms with Crippen molar-refractivity contribution >= 4 is 0 Å². The molecule has 1 aliphatic heterocycles. The van der Waals surface area contributed by atoms with Gasteiger partial charge in [0.15, 0.2) is 0 Å². The Morgan fingerprint density at radius 1 is 1.27 bits per heavy atom. The van der Waals surface area contributed by atoms with E-state index < -0.39 is 0 Å². The van der Waals surface area contributed by atoms with Gasteiger partial charge in [-0.1, -0.05) is 19.3 Å². The first-order valence-electron chi connectivity index (χ1n) is 4.65. The molecule has 1 fully saturated rings. The molecule has 0 bridgehead atoms. The third-order valence-corrected chi connectivity index (χ3v) is 2.63. The van der Waals surface area contributed by atoms with Crippen molar-refractivity contribution < 1.29 is 5.11 Å². The predicted molar refractivity (Wildman–Crippen MR) is 46.6 cm³/mol. The average molecular weight is 157 g/mol. The maximum atomic E-state index is 9.04. The fourth-order valence-electron chi connectivity index (χ4n) is 1.73. The van der Waals surface area contributed by atoms with Crippen molar-refractivity contribution in [3.63, 3.8) is 0 Å². The molecule has 0 aromatic carbocycles. The summed E-state index contributed by atoms with van der Waals surface area (Å²) < 4.78 is 0. The van der Waals surface area contributed by atoms with E-state index in [1.807, 2.05) is 0 Å². The Balaban J connectivity index is 2.33. The quantitative estimate of drug-likeness (QED) is 0.619. The molecule has 1 N–H and O–H groups in total. The number of aliphatic hydroxyl groups excluding tert-OH is 1. The van der Waals surface area contributed by atoms with Crippen LogP contribution in [0.4, 0.5) is 0 Å². The molecule has 0 aromatic heterocycles.